The van der Waals surface area contributed by atoms with Crippen molar-refractivity contribution < 1.29 is 9.90 Å². The summed E-state index contributed by atoms with van der Waals surface area (Å²) in [5, 5.41) is 9.18. The summed E-state index contributed by atoms with van der Waals surface area (Å²) in [4.78, 5) is 28.1. The Bertz CT molecular complexity index is 421. The van der Waals surface area contributed by atoms with Gasteiger partial charge in [0.1, 0.15) is 9.50 Å². The van der Waals surface area contributed by atoms with Crippen LogP contribution in [0.5, 0.6) is 0 Å². The number of thioether (sulfide) groups is 1. The van der Waals surface area contributed by atoms with E-state index in [1.54, 1.807) is 6.92 Å². The molecule has 0 amide bonds. The normalized spacial score (nSPS) is 12.4. The molecular formula is C8H9BrN2O3S. The molecule has 1 atom stereocenters. The summed E-state index contributed by atoms with van der Waals surface area (Å²) >= 11 is 4.33. The third kappa shape index (κ3) is 3.35. The molecule has 0 bridgehead atoms. The van der Waals surface area contributed by atoms with Gasteiger partial charge in [-0.05, 0) is 15.9 Å². The standard InChI is InChI=1S/C8H9BrN2O3S/c1-4(8(13)14)2-15-7-5(9)6(12)10-3-11-7/h3-4H,2H2,1H3,(H,13,14)(H,10,11,12). The van der Waals surface area contributed by atoms with Crippen molar-refractivity contribution in [2.24, 2.45) is 5.92 Å². The number of rotatable bonds is 4. The smallest absolute Gasteiger partial charge is 0.307 e. The van der Waals surface area contributed by atoms with Gasteiger partial charge in [0.15, 0.2) is 0 Å². The second-order valence-corrected chi connectivity index (χ2v) is 4.70. The second kappa shape index (κ2) is 5.32. The van der Waals surface area contributed by atoms with Gasteiger partial charge in [-0.25, -0.2) is 4.98 Å². The Morgan fingerprint density at radius 1 is 1.80 bits per heavy atom. The third-order valence-electron chi connectivity index (χ3n) is 1.66. The molecule has 0 fully saturated rings. The molecule has 0 aliphatic heterocycles. The lowest BCUT2D eigenvalue weighted by Crippen LogP contribution is -2.13. The quantitative estimate of drug-likeness (QED) is 0.646. The zero-order valence-corrected chi connectivity index (χ0v) is 10.3. The Balaban J connectivity index is 2.70. The van der Waals surface area contributed by atoms with Gasteiger partial charge in [-0.1, -0.05) is 6.92 Å². The number of hydrogen-bond acceptors (Lipinski definition) is 4. The number of nitrogens with zero attached hydrogens (tertiary/aromatic N) is 1. The van der Waals surface area contributed by atoms with Crippen molar-refractivity contribution in [3.8, 4) is 0 Å². The highest BCUT2D eigenvalue weighted by molar-refractivity contribution is 9.10. The Morgan fingerprint density at radius 3 is 3.07 bits per heavy atom. The molecule has 1 aromatic heterocycles. The molecule has 0 saturated heterocycles. The summed E-state index contributed by atoms with van der Waals surface area (Å²) < 4.78 is 0.340. The van der Waals surface area contributed by atoms with Crippen LogP contribution in [0.1, 0.15) is 6.92 Å². The molecule has 1 aromatic rings. The SMILES string of the molecule is CC(CSc1nc[nH]c(=O)c1Br)C(=O)O. The monoisotopic (exact) mass is 292 g/mol. The van der Waals surface area contributed by atoms with Crippen LogP contribution in [0.2, 0.25) is 0 Å². The van der Waals surface area contributed by atoms with Gasteiger partial charge in [0, 0.05) is 5.75 Å². The highest BCUT2D eigenvalue weighted by atomic mass is 79.9. The molecule has 0 aliphatic rings. The number of halogens is 1. The molecule has 7 heteroatoms. The fourth-order valence-corrected chi connectivity index (χ4v) is 2.20. The van der Waals surface area contributed by atoms with Gasteiger partial charge in [0.05, 0.1) is 12.2 Å². The molecule has 0 spiro atoms. The summed E-state index contributed by atoms with van der Waals surface area (Å²) in [5.74, 6) is -0.948. The van der Waals surface area contributed by atoms with Crippen molar-refractivity contribution in [1.29, 1.82) is 0 Å². The van der Waals surface area contributed by atoms with Crippen molar-refractivity contribution in [2.75, 3.05) is 5.75 Å². The molecule has 15 heavy (non-hydrogen) atoms. The van der Waals surface area contributed by atoms with E-state index in [-0.39, 0.29) is 5.56 Å². The summed E-state index contributed by atoms with van der Waals surface area (Å²) in [6, 6.07) is 0. The average molecular weight is 293 g/mol. The number of carboxylic acid groups (broad SMARTS) is 1. The molecule has 1 rings (SSSR count). The lowest BCUT2D eigenvalue weighted by Gasteiger charge is -2.05. The minimum absolute atomic E-state index is 0.268. The first kappa shape index (κ1) is 12.3. The Kier molecular flexibility index (Phi) is 4.34. The molecule has 0 aromatic carbocycles. The predicted molar refractivity (Wildman–Crippen MR) is 60.1 cm³/mol. The predicted octanol–water partition coefficient (Wildman–Crippen LogP) is 1.35. The molecule has 0 radical (unpaired) electrons. The molecular weight excluding hydrogens is 284 g/mol. The van der Waals surface area contributed by atoms with E-state index in [0.29, 0.717) is 15.3 Å². The van der Waals surface area contributed by atoms with Crippen molar-refractivity contribution in [3.05, 3.63) is 21.2 Å². The largest absolute Gasteiger partial charge is 0.481 e. The minimum Gasteiger partial charge on any atom is -0.481 e. The number of carbonyl (C=O) groups is 1. The highest BCUT2D eigenvalue weighted by Crippen LogP contribution is 2.23. The lowest BCUT2D eigenvalue weighted by molar-refractivity contribution is -0.140. The zero-order chi connectivity index (χ0) is 11.4. The van der Waals surface area contributed by atoms with Crippen molar-refractivity contribution in [1.82, 2.24) is 9.97 Å². The van der Waals surface area contributed by atoms with Crippen LogP contribution in [0.4, 0.5) is 0 Å². The number of carboxylic acids is 1. The van der Waals surface area contributed by atoms with Gasteiger partial charge < -0.3 is 10.1 Å². The van der Waals surface area contributed by atoms with Crippen LogP contribution in [0.25, 0.3) is 0 Å². The number of aromatic amines is 1. The van der Waals surface area contributed by atoms with Crippen LogP contribution in [0.15, 0.2) is 20.6 Å². The van der Waals surface area contributed by atoms with E-state index >= 15 is 0 Å². The second-order valence-electron chi connectivity index (χ2n) is 2.90. The number of nitrogens with one attached hydrogen (secondary N) is 1. The summed E-state index contributed by atoms with van der Waals surface area (Å²) in [5.41, 5.74) is -0.268. The number of aromatic nitrogens is 2. The Morgan fingerprint density at radius 2 is 2.47 bits per heavy atom. The Labute approximate surface area is 98.4 Å². The third-order valence-corrected chi connectivity index (χ3v) is 3.90. The van der Waals surface area contributed by atoms with Crippen LogP contribution >= 0.6 is 27.7 Å². The van der Waals surface area contributed by atoms with E-state index in [1.165, 1.54) is 18.1 Å². The van der Waals surface area contributed by atoms with Gasteiger partial charge in [0.2, 0.25) is 0 Å². The van der Waals surface area contributed by atoms with Crippen LogP contribution in [-0.2, 0) is 4.79 Å². The Hall–Kier alpha value is -0.820. The van der Waals surface area contributed by atoms with E-state index in [2.05, 4.69) is 25.9 Å². The first-order valence-corrected chi connectivity index (χ1v) is 5.89. The number of aliphatic carboxylic acids is 1. The zero-order valence-electron chi connectivity index (χ0n) is 7.86. The summed E-state index contributed by atoms with van der Waals surface area (Å²) in [6.07, 6.45) is 1.29. The number of H-pyrrole nitrogens is 1. The summed E-state index contributed by atoms with van der Waals surface area (Å²) in [6.45, 7) is 1.61. The van der Waals surface area contributed by atoms with Crippen LogP contribution < -0.4 is 5.56 Å². The van der Waals surface area contributed by atoms with E-state index in [1.807, 2.05) is 0 Å². The van der Waals surface area contributed by atoms with E-state index < -0.39 is 11.9 Å². The maximum atomic E-state index is 11.1. The first-order chi connectivity index (χ1) is 7.02. The van der Waals surface area contributed by atoms with Crippen molar-refractivity contribution >= 4 is 33.7 Å². The molecule has 2 N–H and O–H groups in total. The van der Waals surface area contributed by atoms with Crippen molar-refractivity contribution in [2.45, 2.75) is 11.9 Å². The maximum absolute atomic E-state index is 11.1. The van der Waals surface area contributed by atoms with Crippen molar-refractivity contribution in [3.63, 3.8) is 0 Å². The molecule has 5 nitrogen and oxygen atoms in total. The van der Waals surface area contributed by atoms with E-state index in [0.717, 1.165) is 0 Å². The van der Waals surface area contributed by atoms with Gasteiger partial charge in [-0.3, -0.25) is 9.59 Å². The first-order valence-electron chi connectivity index (χ1n) is 4.11. The van der Waals surface area contributed by atoms with Gasteiger partial charge >= 0.3 is 5.97 Å². The van der Waals surface area contributed by atoms with Gasteiger partial charge in [-0.2, -0.15) is 0 Å². The fraction of sp³-hybridized carbons (Fsp3) is 0.375. The van der Waals surface area contributed by atoms with E-state index in [4.69, 9.17) is 5.11 Å². The molecule has 0 aliphatic carbocycles. The molecule has 0 saturated carbocycles. The van der Waals surface area contributed by atoms with Crippen LogP contribution in [-0.4, -0.2) is 26.8 Å². The highest BCUT2D eigenvalue weighted by Gasteiger charge is 2.13. The van der Waals surface area contributed by atoms with Crippen LogP contribution in [0.3, 0.4) is 0 Å². The lowest BCUT2D eigenvalue weighted by atomic mass is 10.2. The fourth-order valence-electron chi connectivity index (χ4n) is 0.743. The summed E-state index contributed by atoms with van der Waals surface area (Å²) in [7, 11) is 0. The van der Waals surface area contributed by atoms with Gasteiger partial charge in [0.25, 0.3) is 5.56 Å². The molecule has 1 heterocycles. The average Bonchev–Trinajstić information content (AvgIpc) is 2.19. The molecule has 1 unspecified atom stereocenters. The van der Waals surface area contributed by atoms with Gasteiger partial charge in [-0.15, -0.1) is 11.8 Å². The number of hydrogen-bond donors (Lipinski definition) is 2. The van der Waals surface area contributed by atoms with E-state index in [9.17, 15) is 9.59 Å². The maximum Gasteiger partial charge on any atom is 0.307 e. The topological polar surface area (TPSA) is 83.0 Å². The van der Waals surface area contributed by atoms with Crippen LogP contribution in [0, 0.1) is 5.92 Å². The molecule has 82 valence electrons. The minimum atomic E-state index is -0.858.